The third-order valence-electron chi connectivity index (χ3n) is 6.98. The molecule has 14 heteroatoms. The van der Waals surface area contributed by atoms with Crippen LogP contribution in [0.25, 0.3) is 0 Å². The fraction of sp³-hybridized carbons (Fsp3) is 0.800. The van der Waals surface area contributed by atoms with Gasteiger partial charge in [-0.1, -0.05) is 0 Å². The number of alkyl halides is 2. The molecule has 3 unspecified atom stereocenters. The van der Waals surface area contributed by atoms with Crippen molar-refractivity contribution in [2.45, 2.75) is 70.5 Å². The maximum absolute atomic E-state index is 11.2. The molecule has 4 N–H and O–H groups in total. The zero-order valence-electron chi connectivity index (χ0n) is 22.9. The van der Waals surface area contributed by atoms with Crippen molar-refractivity contribution >= 4 is 63.7 Å². The van der Waals surface area contributed by atoms with Crippen molar-refractivity contribution in [2.24, 2.45) is 5.73 Å². The number of carbonyl (C=O) groups is 5. The minimum Gasteiger partial charge on any atom is -0.353 e. The molecular weight excluding hydrogens is 571 g/mol. The molecule has 0 bridgehead atoms. The van der Waals surface area contributed by atoms with Gasteiger partial charge in [0, 0.05) is 64.7 Å². The minimum absolute atomic E-state index is 0.0210. The van der Waals surface area contributed by atoms with Crippen LogP contribution in [0, 0.1) is 0 Å². The van der Waals surface area contributed by atoms with Crippen LogP contribution in [-0.4, -0.2) is 119 Å². The van der Waals surface area contributed by atoms with Crippen LogP contribution in [0.1, 0.15) is 52.4 Å². The average molecular weight is 614 g/mol. The summed E-state index contributed by atoms with van der Waals surface area (Å²) in [5, 5.41) is 5.06. The van der Waals surface area contributed by atoms with Crippen LogP contribution in [0.3, 0.4) is 0 Å². The lowest BCUT2D eigenvalue weighted by molar-refractivity contribution is -0.130. The number of hydrogen-bond donors (Lipinski definition) is 3. The minimum atomic E-state index is -0.508. The summed E-state index contributed by atoms with van der Waals surface area (Å²) in [6.07, 6.45) is 6.70. The number of rotatable bonds is 5. The Hall–Kier alpha value is -1.66. The molecule has 0 aromatic carbocycles. The standard InChI is InChI=1S/C9H15ClN2O2.C7H12N2O.C7H14N2O.C2H2Cl2O/c1-7(13)12-4-2-3-8(12)6-11-9(14)5-10;10-7-5-9-3-1-2-6(9)4-8-7;1-6(10)9-4-2-3-7(9)5-8;3-1-2(4)5/h8H,2-6H2,1H3,(H,11,14);6H,1-5H2,(H,8,10);7H,2-5,8H2,1H3;1H2. The highest BCUT2D eigenvalue weighted by atomic mass is 35.5. The predicted octanol–water partition coefficient (Wildman–Crippen LogP) is 0.880. The van der Waals surface area contributed by atoms with Crippen molar-refractivity contribution in [3.8, 4) is 0 Å². The summed E-state index contributed by atoms with van der Waals surface area (Å²) in [4.78, 5) is 59.2. The highest BCUT2D eigenvalue weighted by molar-refractivity contribution is 6.67. The van der Waals surface area contributed by atoms with Gasteiger partial charge in [0.25, 0.3) is 0 Å². The molecule has 4 rings (SSSR count). The summed E-state index contributed by atoms with van der Waals surface area (Å²) in [6.45, 7) is 8.62. The van der Waals surface area contributed by atoms with Crippen LogP contribution in [0.15, 0.2) is 0 Å². The van der Waals surface area contributed by atoms with Gasteiger partial charge in [-0.15, -0.1) is 23.2 Å². The van der Waals surface area contributed by atoms with Crippen LogP contribution >= 0.6 is 34.8 Å². The Morgan fingerprint density at radius 3 is 1.95 bits per heavy atom. The van der Waals surface area contributed by atoms with E-state index < -0.39 is 5.24 Å². The van der Waals surface area contributed by atoms with E-state index in [0.29, 0.717) is 31.7 Å². The second-order valence-electron chi connectivity index (χ2n) is 9.75. The Morgan fingerprint density at radius 2 is 1.46 bits per heavy atom. The highest BCUT2D eigenvalue weighted by Gasteiger charge is 2.30. The maximum Gasteiger partial charge on any atom is 0.236 e. The van der Waals surface area contributed by atoms with Crippen LogP contribution in [-0.2, 0) is 24.0 Å². The first-order valence-electron chi connectivity index (χ1n) is 13.4. The first-order valence-corrected chi connectivity index (χ1v) is 14.8. The van der Waals surface area contributed by atoms with Gasteiger partial charge < -0.3 is 26.2 Å². The maximum atomic E-state index is 11.2. The predicted molar refractivity (Wildman–Crippen MR) is 153 cm³/mol. The lowest BCUT2D eigenvalue weighted by atomic mass is 10.2. The fourth-order valence-corrected chi connectivity index (χ4v) is 5.14. The Balaban J connectivity index is 0.000000273. The number of halogens is 3. The molecule has 0 saturated carbocycles. The number of nitrogens with two attached hydrogens (primary N) is 1. The van der Waals surface area contributed by atoms with Gasteiger partial charge in [0.1, 0.15) is 5.88 Å². The number of nitrogens with zero attached hydrogens (tertiary/aromatic N) is 3. The molecule has 4 saturated heterocycles. The van der Waals surface area contributed by atoms with Gasteiger partial charge in [0.15, 0.2) is 0 Å². The second-order valence-corrected chi connectivity index (χ2v) is 10.7. The normalized spacial score (nSPS) is 23.6. The number of carbonyl (C=O) groups excluding carboxylic acids is 5. The summed E-state index contributed by atoms with van der Waals surface area (Å²) in [5.41, 5.74) is 5.47. The van der Waals surface area contributed by atoms with E-state index in [1.807, 2.05) is 4.90 Å². The van der Waals surface area contributed by atoms with E-state index in [2.05, 4.69) is 15.5 Å². The van der Waals surface area contributed by atoms with Gasteiger partial charge in [0.2, 0.25) is 28.9 Å². The van der Waals surface area contributed by atoms with Crippen LogP contribution in [0.2, 0.25) is 0 Å². The highest BCUT2D eigenvalue weighted by Crippen LogP contribution is 2.18. The molecule has 4 fully saturated rings. The molecule has 0 radical (unpaired) electrons. The summed E-state index contributed by atoms with van der Waals surface area (Å²) in [5.74, 6) is 0.134. The van der Waals surface area contributed by atoms with Gasteiger partial charge in [0.05, 0.1) is 12.4 Å². The van der Waals surface area contributed by atoms with Gasteiger partial charge in [-0.2, -0.15) is 0 Å². The molecule has 4 aliphatic rings. The Morgan fingerprint density at radius 1 is 0.923 bits per heavy atom. The van der Waals surface area contributed by atoms with E-state index in [4.69, 9.17) is 40.5 Å². The number of fused-ring (bicyclic) bond motifs is 1. The van der Waals surface area contributed by atoms with Crippen LogP contribution in [0.4, 0.5) is 0 Å². The molecule has 11 nitrogen and oxygen atoms in total. The second kappa shape index (κ2) is 19.4. The Labute approximate surface area is 246 Å². The van der Waals surface area contributed by atoms with Gasteiger partial charge in [-0.05, 0) is 56.7 Å². The van der Waals surface area contributed by atoms with Crippen LogP contribution < -0.4 is 16.4 Å². The molecule has 4 aliphatic heterocycles. The number of nitrogens with one attached hydrogen (secondary N) is 2. The topological polar surface area (TPSA) is 145 Å². The number of piperazine rings is 1. The zero-order chi connectivity index (χ0) is 29.4. The zero-order valence-corrected chi connectivity index (χ0v) is 25.2. The van der Waals surface area contributed by atoms with Crippen molar-refractivity contribution in [1.29, 1.82) is 0 Å². The van der Waals surface area contributed by atoms with E-state index in [1.165, 1.54) is 12.8 Å². The largest absolute Gasteiger partial charge is 0.353 e. The molecule has 224 valence electrons. The molecule has 4 heterocycles. The van der Waals surface area contributed by atoms with Crippen molar-refractivity contribution in [3.05, 3.63) is 0 Å². The molecule has 0 spiro atoms. The van der Waals surface area contributed by atoms with E-state index in [0.717, 1.165) is 51.9 Å². The van der Waals surface area contributed by atoms with Gasteiger partial charge >= 0.3 is 0 Å². The average Bonchev–Trinajstić information content (AvgIpc) is 3.68. The van der Waals surface area contributed by atoms with Gasteiger partial charge in [-0.25, -0.2) is 0 Å². The fourth-order valence-electron chi connectivity index (χ4n) is 5.04. The Kier molecular flexibility index (Phi) is 17.6. The van der Waals surface area contributed by atoms with E-state index in [1.54, 1.807) is 18.7 Å². The van der Waals surface area contributed by atoms with Crippen molar-refractivity contribution in [1.82, 2.24) is 25.3 Å². The Bertz CT molecular complexity index is 821. The van der Waals surface area contributed by atoms with Crippen molar-refractivity contribution in [2.75, 3.05) is 57.6 Å². The van der Waals surface area contributed by atoms with E-state index in [9.17, 15) is 24.0 Å². The summed E-state index contributed by atoms with van der Waals surface area (Å²) >= 11 is 14.9. The van der Waals surface area contributed by atoms with Crippen molar-refractivity contribution < 1.29 is 24.0 Å². The third kappa shape index (κ3) is 13.5. The summed E-state index contributed by atoms with van der Waals surface area (Å²) in [6, 6.07) is 1.12. The molecule has 39 heavy (non-hydrogen) atoms. The third-order valence-corrected chi connectivity index (χ3v) is 7.73. The first kappa shape index (κ1) is 35.4. The molecule has 4 amide bonds. The quantitative estimate of drug-likeness (QED) is 0.308. The summed E-state index contributed by atoms with van der Waals surface area (Å²) in [7, 11) is 0. The molecular formula is C25H43Cl3N6O5. The SMILES string of the molecule is CC(=O)N1CCCC1CN.CC(=O)N1CCCC1CNC(=O)CCl.O=C(Cl)CCl.O=C1CN2CCCC2CN1. The lowest BCUT2D eigenvalue weighted by Crippen LogP contribution is -2.51. The van der Waals surface area contributed by atoms with Crippen LogP contribution in [0.5, 0.6) is 0 Å². The number of hydrogen-bond acceptors (Lipinski definition) is 7. The lowest BCUT2D eigenvalue weighted by Gasteiger charge is -2.28. The summed E-state index contributed by atoms with van der Waals surface area (Å²) < 4.78 is 0. The molecule has 0 aromatic rings. The van der Waals surface area contributed by atoms with E-state index in [-0.39, 0.29) is 41.4 Å². The van der Waals surface area contributed by atoms with E-state index >= 15 is 0 Å². The van der Waals surface area contributed by atoms with Gasteiger partial charge in [-0.3, -0.25) is 28.9 Å². The molecule has 0 aliphatic carbocycles. The smallest absolute Gasteiger partial charge is 0.236 e. The molecule has 3 atom stereocenters. The first-order chi connectivity index (χ1) is 18.5. The molecule has 0 aromatic heterocycles. The monoisotopic (exact) mass is 612 g/mol. The number of likely N-dealkylation sites (tertiary alicyclic amines) is 2. The number of amides is 4. The van der Waals surface area contributed by atoms with Crippen molar-refractivity contribution in [3.63, 3.8) is 0 Å².